The molecule has 56 heavy (non-hydrogen) atoms. The molecule has 4 rings (SSSR count). The number of nitrogens with one attached hydrogen (secondary N) is 6. The van der Waals surface area contributed by atoms with Crippen LogP contribution < -0.4 is 32.7 Å². The Bertz CT molecular complexity index is 1620. The first-order chi connectivity index (χ1) is 26.5. The summed E-state index contributed by atoms with van der Waals surface area (Å²) in [5.41, 5.74) is 13.6. The molecule has 13 nitrogen and oxygen atoms in total. The average molecular weight is 807 g/mol. The second kappa shape index (κ2) is 22.6. The van der Waals surface area contributed by atoms with Crippen LogP contribution in [0.2, 0.25) is 5.02 Å². The van der Waals surface area contributed by atoms with Gasteiger partial charge >= 0.3 is 12.1 Å². The van der Waals surface area contributed by atoms with Gasteiger partial charge in [-0.2, -0.15) is 13.2 Å². The van der Waals surface area contributed by atoms with Crippen LogP contribution in [0.3, 0.4) is 0 Å². The summed E-state index contributed by atoms with van der Waals surface area (Å²) < 4.78 is 31.7. The van der Waals surface area contributed by atoms with Gasteiger partial charge in [-0.1, -0.05) is 86.5 Å². The number of aliphatic carboxylic acids is 1. The lowest BCUT2D eigenvalue weighted by molar-refractivity contribution is -0.192. The first kappa shape index (κ1) is 45.5. The number of alkyl halides is 3. The summed E-state index contributed by atoms with van der Waals surface area (Å²) in [6, 6.07) is 13.1. The van der Waals surface area contributed by atoms with E-state index in [2.05, 4.69) is 21.3 Å². The van der Waals surface area contributed by atoms with Gasteiger partial charge in [-0.3, -0.25) is 25.2 Å². The van der Waals surface area contributed by atoms with Crippen LogP contribution in [0, 0.1) is 28.6 Å². The summed E-state index contributed by atoms with van der Waals surface area (Å²) in [6.45, 7) is 0.652. The first-order valence-corrected chi connectivity index (χ1v) is 19.4. The number of carboxylic acids is 1. The van der Waals surface area contributed by atoms with Crippen LogP contribution in [0.4, 0.5) is 13.2 Å². The maximum absolute atomic E-state index is 14.3. The number of amides is 3. The van der Waals surface area contributed by atoms with Crippen LogP contribution in [0.1, 0.15) is 93.7 Å². The fraction of sp³-hybridized carbons (Fsp3) is 0.538. The van der Waals surface area contributed by atoms with Gasteiger partial charge in [-0.25, -0.2) is 4.79 Å². The molecule has 0 spiro atoms. The minimum absolute atomic E-state index is 0.00143. The van der Waals surface area contributed by atoms with Gasteiger partial charge in [0.25, 0.3) is 0 Å². The van der Waals surface area contributed by atoms with Crippen molar-refractivity contribution >= 4 is 47.1 Å². The van der Waals surface area contributed by atoms with Crippen molar-refractivity contribution in [3.8, 4) is 0 Å². The Balaban J connectivity index is 0.00000109. The van der Waals surface area contributed by atoms with E-state index in [1.54, 1.807) is 12.1 Å². The Morgan fingerprint density at radius 3 is 1.82 bits per heavy atom. The quantitative estimate of drug-likeness (QED) is 0.0625. The van der Waals surface area contributed by atoms with Crippen molar-refractivity contribution in [3.05, 3.63) is 70.2 Å². The lowest BCUT2D eigenvalue weighted by Gasteiger charge is -2.34. The van der Waals surface area contributed by atoms with E-state index >= 15 is 0 Å². The second-order valence-electron chi connectivity index (χ2n) is 14.4. The third-order valence-corrected chi connectivity index (χ3v) is 10.5. The number of hydrogen-bond acceptors (Lipinski definition) is 6. The zero-order valence-corrected chi connectivity index (χ0v) is 32.1. The summed E-state index contributed by atoms with van der Waals surface area (Å²) in [5.74, 6) is -3.84. The maximum atomic E-state index is 14.3. The highest BCUT2D eigenvalue weighted by atomic mass is 35.5. The molecule has 0 heterocycles. The topological polar surface area (TPSA) is 236 Å². The Kier molecular flexibility index (Phi) is 18.4. The van der Waals surface area contributed by atoms with Crippen molar-refractivity contribution in [2.75, 3.05) is 6.54 Å². The molecule has 3 atom stereocenters. The number of guanidine groups is 1. The molecule has 2 fully saturated rings. The average Bonchev–Trinajstić information content (AvgIpc) is 3.17. The van der Waals surface area contributed by atoms with Crippen LogP contribution in [0.25, 0.3) is 0 Å². The van der Waals surface area contributed by atoms with Gasteiger partial charge in [-0.15, -0.1) is 0 Å². The molecule has 2 aromatic carbocycles. The van der Waals surface area contributed by atoms with Crippen LogP contribution in [0.15, 0.2) is 48.5 Å². The third kappa shape index (κ3) is 15.7. The molecule has 2 saturated carbocycles. The molecule has 11 N–H and O–H groups in total. The number of rotatable bonds is 16. The number of benzene rings is 2. The highest BCUT2D eigenvalue weighted by molar-refractivity contribution is 6.30. The van der Waals surface area contributed by atoms with E-state index in [9.17, 15) is 27.6 Å². The van der Waals surface area contributed by atoms with Crippen LogP contribution in [-0.4, -0.2) is 65.4 Å². The molecule has 0 aliphatic heterocycles. The number of carboxylic acid groups (broad SMARTS) is 1. The zero-order valence-electron chi connectivity index (χ0n) is 31.4. The first-order valence-electron chi connectivity index (χ1n) is 19.0. The summed E-state index contributed by atoms with van der Waals surface area (Å²) in [6.07, 6.45) is 6.24. The van der Waals surface area contributed by atoms with E-state index in [0.717, 1.165) is 75.3 Å². The molecule has 0 bridgehead atoms. The maximum Gasteiger partial charge on any atom is 0.490 e. The number of hydrogen-bond donors (Lipinski definition) is 9. The van der Waals surface area contributed by atoms with Crippen molar-refractivity contribution in [2.45, 2.75) is 108 Å². The summed E-state index contributed by atoms with van der Waals surface area (Å²) in [5, 5.41) is 34.8. The van der Waals surface area contributed by atoms with Crippen molar-refractivity contribution < 1.29 is 37.5 Å². The second-order valence-corrected chi connectivity index (χ2v) is 14.8. The Morgan fingerprint density at radius 2 is 1.30 bits per heavy atom. The van der Waals surface area contributed by atoms with Gasteiger partial charge in [0.2, 0.25) is 17.7 Å². The Labute approximate surface area is 330 Å². The molecule has 2 aliphatic carbocycles. The summed E-state index contributed by atoms with van der Waals surface area (Å²) in [4.78, 5) is 50.9. The number of nitrogen functional groups attached to an aromatic ring is 1. The standard InChI is InChI=1S/C37H53ClN8O3.C2HF3O2/c38-29-19-15-25(16-20-29)23-44-35(48)31(12-7-21-43-37(41)42)45-36(49)32(27-10-5-2-6-11-27)46-34(47)30(26-8-3-1-4-9-26)22-24-13-17-28(18-14-24)33(39)40;3-2(4,5)1(6)7/h13-20,26-27,30-32H,1-12,21-23H2,(H3,39,40)(H,44,48)(H,45,49)(H,46,47)(H4,41,42,43);(H,6,7)/t30?,31-,32?;/m0./s1. The smallest absolute Gasteiger partial charge is 0.475 e. The number of nitrogens with two attached hydrogens (primary N) is 2. The van der Waals surface area contributed by atoms with E-state index in [0.29, 0.717) is 36.4 Å². The molecular weight excluding hydrogens is 753 g/mol. The third-order valence-electron chi connectivity index (χ3n) is 10.2. The zero-order chi connectivity index (χ0) is 41.3. The predicted molar refractivity (Wildman–Crippen MR) is 208 cm³/mol. The summed E-state index contributed by atoms with van der Waals surface area (Å²) in [7, 11) is 0. The van der Waals surface area contributed by atoms with Gasteiger partial charge in [0.15, 0.2) is 5.96 Å². The molecule has 2 aliphatic rings. The fourth-order valence-corrected chi connectivity index (χ4v) is 7.31. The van der Waals surface area contributed by atoms with Gasteiger partial charge in [0, 0.05) is 29.6 Å². The summed E-state index contributed by atoms with van der Waals surface area (Å²) >= 11 is 6.02. The molecule has 2 aromatic rings. The van der Waals surface area contributed by atoms with Crippen molar-refractivity contribution in [1.82, 2.24) is 21.3 Å². The van der Waals surface area contributed by atoms with Gasteiger partial charge < -0.3 is 37.8 Å². The molecule has 17 heteroatoms. The largest absolute Gasteiger partial charge is 0.490 e. The number of halogens is 4. The molecule has 308 valence electrons. The number of amidine groups is 1. The number of carbonyl (C=O) groups excluding carboxylic acids is 3. The van der Waals surface area contributed by atoms with Gasteiger partial charge in [-0.05, 0) is 80.0 Å². The minimum atomic E-state index is -5.08. The van der Waals surface area contributed by atoms with E-state index in [-0.39, 0.29) is 53.8 Å². The normalized spacial score (nSPS) is 16.5. The Hall–Kier alpha value is -4.86. The Morgan fingerprint density at radius 1 is 0.768 bits per heavy atom. The van der Waals surface area contributed by atoms with Crippen molar-refractivity contribution in [1.29, 1.82) is 10.8 Å². The van der Waals surface area contributed by atoms with E-state index in [4.69, 9.17) is 43.8 Å². The molecule has 0 saturated heterocycles. The lowest BCUT2D eigenvalue weighted by atomic mass is 9.76. The molecule has 2 unspecified atom stereocenters. The monoisotopic (exact) mass is 806 g/mol. The molecular formula is C39H54ClF3N8O5. The molecule has 3 amide bonds. The molecule has 0 radical (unpaired) electrons. The highest BCUT2D eigenvalue weighted by Crippen LogP contribution is 2.33. The fourth-order valence-electron chi connectivity index (χ4n) is 7.18. The van der Waals surface area contributed by atoms with E-state index in [1.807, 2.05) is 36.4 Å². The lowest BCUT2D eigenvalue weighted by Crippen LogP contribution is -2.57. The van der Waals surface area contributed by atoms with Crippen molar-refractivity contribution in [3.63, 3.8) is 0 Å². The van der Waals surface area contributed by atoms with Crippen LogP contribution in [0.5, 0.6) is 0 Å². The van der Waals surface area contributed by atoms with Gasteiger partial charge in [0.1, 0.15) is 17.9 Å². The number of carbonyl (C=O) groups is 4. The highest BCUT2D eigenvalue weighted by Gasteiger charge is 2.39. The molecule has 0 aromatic heterocycles. The SMILES string of the molecule is N=C(N)NCCC[C@H](NC(=O)C(NC(=O)C(Cc1ccc(C(=N)N)cc1)C1CCCCC1)C1CCCCC1)C(=O)NCc1ccc(Cl)cc1.O=C(O)C(F)(F)F. The van der Waals surface area contributed by atoms with E-state index in [1.165, 1.54) is 0 Å². The van der Waals surface area contributed by atoms with Crippen LogP contribution in [-0.2, 0) is 32.1 Å². The van der Waals surface area contributed by atoms with Crippen LogP contribution >= 0.6 is 11.6 Å². The van der Waals surface area contributed by atoms with Gasteiger partial charge in [0.05, 0.1) is 0 Å². The predicted octanol–water partition coefficient (Wildman–Crippen LogP) is 5.13. The van der Waals surface area contributed by atoms with E-state index < -0.39 is 24.2 Å². The van der Waals surface area contributed by atoms with Crippen molar-refractivity contribution in [2.24, 2.45) is 29.2 Å². The minimum Gasteiger partial charge on any atom is -0.475 e.